The molecule has 0 spiro atoms. The van der Waals surface area contributed by atoms with Crippen molar-refractivity contribution >= 4 is 11.9 Å². The summed E-state index contributed by atoms with van der Waals surface area (Å²) in [6.45, 7) is 3.55. The van der Waals surface area contributed by atoms with Crippen LogP contribution >= 0.6 is 0 Å². The van der Waals surface area contributed by atoms with Crippen molar-refractivity contribution in [3.8, 4) is 5.75 Å². The van der Waals surface area contributed by atoms with Crippen LogP contribution in [-0.2, 0) is 16.0 Å². The predicted molar refractivity (Wildman–Crippen MR) is 71.2 cm³/mol. The highest BCUT2D eigenvalue weighted by molar-refractivity contribution is 5.84. The van der Waals surface area contributed by atoms with Crippen LogP contribution in [0.2, 0.25) is 0 Å². The maximum absolute atomic E-state index is 11.5. The van der Waals surface area contributed by atoms with Crippen LogP contribution in [0.1, 0.15) is 25.8 Å². The second-order valence-electron chi connectivity index (χ2n) is 4.16. The van der Waals surface area contributed by atoms with Crippen molar-refractivity contribution < 1.29 is 19.4 Å². The molecule has 1 aromatic rings. The van der Waals surface area contributed by atoms with Gasteiger partial charge in [-0.25, -0.2) is 4.79 Å². The molecule has 5 nitrogen and oxygen atoms in total. The summed E-state index contributed by atoms with van der Waals surface area (Å²) in [7, 11) is 0. The SMILES string of the molecule is CCc1cccc(OCC(=O)N[C@H](CC)C(=O)O)c1. The number of amides is 1. The van der Waals surface area contributed by atoms with E-state index >= 15 is 0 Å². The van der Waals surface area contributed by atoms with E-state index in [1.54, 1.807) is 13.0 Å². The van der Waals surface area contributed by atoms with Crippen molar-refractivity contribution in [2.45, 2.75) is 32.7 Å². The van der Waals surface area contributed by atoms with Gasteiger partial charge in [0.25, 0.3) is 5.91 Å². The maximum atomic E-state index is 11.5. The normalized spacial score (nSPS) is 11.7. The zero-order valence-electron chi connectivity index (χ0n) is 11.2. The second-order valence-corrected chi connectivity index (χ2v) is 4.16. The number of carbonyl (C=O) groups excluding carboxylic acids is 1. The fourth-order valence-electron chi connectivity index (χ4n) is 1.58. The lowest BCUT2D eigenvalue weighted by Crippen LogP contribution is -2.42. The number of aryl methyl sites for hydroxylation is 1. The molecular formula is C14H19NO4. The molecule has 19 heavy (non-hydrogen) atoms. The van der Waals surface area contributed by atoms with E-state index in [0.29, 0.717) is 12.2 Å². The molecule has 5 heteroatoms. The first-order valence-corrected chi connectivity index (χ1v) is 6.30. The molecule has 0 saturated carbocycles. The maximum Gasteiger partial charge on any atom is 0.326 e. The van der Waals surface area contributed by atoms with Gasteiger partial charge in [-0.3, -0.25) is 4.79 Å². The van der Waals surface area contributed by atoms with Crippen molar-refractivity contribution in [3.63, 3.8) is 0 Å². The molecule has 0 fully saturated rings. The van der Waals surface area contributed by atoms with Crippen molar-refractivity contribution in [3.05, 3.63) is 29.8 Å². The van der Waals surface area contributed by atoms with Crippen LogP contribution in [0.5, 0.6) is 5.75 Å². The summed E-state index contributed by atoms with van der Waals surface area (Å²) in [4.78, 5) is 22.3. The summed E-state index contributed by atoms with van der Waals surface area (Å²) >= 11 is 0. The summed E-state index contributed by atoms with van der Waals surface area (Å²) in [5, 5.41) is 11.2. The Labute approximate surface area is 112 Å². The monoisotopic (exact) mass is 265 g/mol. The summed E-state index contributed by atoms with van der Waals surface area (Å²) in [5.74, 6) is -0.863. The molecule has 0 aromatic heterocycles. The number of ether oxygens (including phenoxy) is 1. The molecule has 0 unspecified atom stereocenters. The lowest BCUT2D eigenvalue weighted by atomic mass is 10.2. The van der Waals surface area contributed by atoms with E-state index in [-0.39, 0.29) is 6.61 Å². The van der Waals surface area contributed by atoms with E-state index in [4.69, 9.17) is 9.84 Å². The molecule has 0 heterocycles. The van der Waals surface area contributed by atoms with Gasteiger partial charge in [0.15, 0.2) is 6.61 Å². The number of carboxylic acid groups (broad SMARTS) is 1. The summed E-state index contributed by atoms with van der Waals surface area (Å²) in [5.41, 5.74) is 1.12. The highest BCUT2D eigenvalue weighted by Crippen LogP contribution is 2.13. The number of aliphatic carboxylic acids is 1. The van der Waals surface area contributed by atoms with E-state index < -0.39 is 17.9 Å². The number of hydrogen-bond acceptors (Lipinski definition) is 3. The molecule has 0 radical (unpaired) electrons. The minimum absolute atomic E-state index is 0.184. The first kappa shape index (κ1) is 15.0. The van der Waals surface area contributed by atoms with Crippen molar-refractivity contribution in [1.82, 2.24) is 5.32 Å². The van der Waals surface area contributed by atoms with Gasteiger partial charge >= 0.3 is 5.97 Å². The predicted octanol–water partition coefficient (Wildman–Crippen LogP) is 1.61. The third kappa shape index (κ3) is 4.99. The van der Waals surface area contributed by atoms with Gasteiger partial charge in [-0.15, -0.1) is 0 Å². The minimum Gasteiger partial charge on any atom is -0.484 e. The first-order chi connectivity index (χ1) is 9.06. The Morgan fingerprint density at radius 2 is 2.11 bits per heavy atom. The Hall–Kier alpha value is -2.04. The third-order valence-electron chi connectivity index (χ3n) is 2.72. The standard InChI is InChI=1S/C14H19NO4/c1-3-10-6-5-7-11(8-10)19-9-13(16)15-12(4-2)14(17)18/h5-8,12H,3-4,9H2,1-2H3,(H,15,16)(H,17,18)/t12-/m1/s1. The zero-order chi connectivity index (χ0) is 14.3. The van der Waals surface area contributed by atoms with Crippen molar-refractivity contribution in [2.24, 2.45) is 0 Å². The largest absolute Gasteiger partial charge is 0.484 e. The van der Waals surface area contributed by atoms with Crippen LogP contribution < -0.4 is 10.1 Å². The smallest absolute Gasteiger partial charge is 0.326 e. The number of benzene rings is 1. The third-order valence-corrected chi connectivity index (χ3v) is 2.72. The lowest BCUT2D eigenvalue weighted by Gasteiger charge is -2.13. The van der Waals surface area contributed by atoms with Gasteiger partial charge < -0.3 is 15.2 Å². The van der Waals surface area contributed by atoms with Crippen molar-refractivity contribution in [1.29, 1.82) is 0 Å². The van der Waals surface area contributed by atoms with Gasteiger partial charge in [0.2, 0.25) is 0 Å². The molecule has 0 aliphatic carbocycles. The summed E-state index contributed by atoms with van der Waals surface area (Å²) < 4.78 is 5.33. The lowest BCUT2D eigenvalue weighted by molar-refractivity contribution is -0.142. The molecule has 1 aromatic carbocycles. The van der Waals surface area contributed by atoms with Crippen LogP contribution in [0.25, 0.3) is 0 Å². The van der Waals surface area contributed by atoms with Crippen LogP contribution in [-0.4, -0.2) is 29.6 Å². The molecule has 1 rings (SSSR count). The van der Waals surface area contributed by atoms with Crippen LogP contribution in [0.3, 0.4) is 0 Å². The minimum atomic E-state index is -1.04. The highest BCUT2D eigenvalue weighted by Gasteiger charge is 2.17. The van der Waals surface area contributed by atoms with Gasteiger partial charge in [-0.1, -0.05) is 26.0 Å². The van der Waals surface area contributed by atoms with Crippen molar-refractivity contribution in [2.75, 3.05) is 6.61 Å². The van der Waals surface area contributed by atoms with Crippen LogP contribution in [0.15, 0.2) is 24.3 Å². The summed E-state index contributed by atoms with van der Waals surface area (Å²) in [6.07, 6.45) is 1.23. The van der Waals surface area contributed by atoms with Gasteiger partial charge in [0, 0.05) is 0 Å². The van der Waals surface area contributed by atoms with Crippen LogP contribution in [0.4, 0.5) is 0 Å². The topological polar surface area (TPSA) is 75.6 Å². The molecule has 104 valence electrons. The molecule has 2 N–H and O–H groups in total. The first-order valence-electron chi connectivity index (χ1n) is 6.30. The fourth-order valence-corrected chi connectivity index (χ4v) is 1.58. The highest BCUT2D eigenvalue weighted by atomic mass is 16.5. The number of nitrogens with one attached hydrogen (secondary N) is 1. The van der Waals surface area contributed by atoms with E-state index in [2.05, 4.69) is 5.32 Å². The van der Waals surface area contributed by atoms with Gasteiger partial charge in [-0.05, 0) is 30.5 Å². The molecule has 0 aliphatic rings. The average Bonchev–Trinajstić information content (AvgIpc) is 2.42. The molecular weight excluding hydrogens is 246 g/mol. The molecule has 1 atom stereocenters. The Morgan fingerprint density at radius 1 is 1.37 bits per heavy atom. The van der Waals surface area contributed by atoms with Crippen LogP contribution in [0, 0.1) is 0 Å². The Balaban J connectivity index is 2.47. The van der Waals surface area contributed by atoms with E-state index in [0.717, 1.165) is 12.0 Å². The zero-order valence-corrected chi connectivity index (χ0v) is 11.2. The van der Waals surface area contributed by atoms with Gasteiger partial charge in [0.1, 0.15) is 11.8 Å². The number of hydrogen-bond donors (Lipinski definition) is 2. The Morgan fingerprint density at radius 3 is 2.68 bits per heavy atom. The molecule has 0 saturated heterocycles. The number of carbonyl (C=O) groups is 2. The van der Waals surface area contributed by atoms with E-state index in [9.17, 15) is 9.59 Å². The Bertz CT molecular complexity index is 445. The number of carboxylic acids is 1. The molecule has 1 amide bonds. The Kier molecular flexibility index (Phi) is 5.85. The summed E-state index contributed by atoms with van der Waals surface area (Å²) in [6, 6.07) is 6.60. The van der Waals surface area contributed by atoms with Gasteiger partial charge in [0.05, 0.1) is 0 Å². The van der Waals surface area contributed by atoms with E-state index in [1.807, 2.05) is 25.1 Å². The quantitative estimate of drug-likeness (QED) is 0.785. The second kappa shape index (κ2) is 7.41. The van der Waals surface area contributed by atoms with Gasteiger partial charge in [-0.2, -0.15) is 0 Å². The van der Waals surface area contributed by atoms with E-state index in [1.165, 1.54) is 0 Å². The molecule has 0 aliphatic heterocycles. The average molecular weight is 265 g/mol. The molecule has 0 bridgehead atoms. The fraction of sp³-hybridized carbons (Fsp3) is 0.429. The number of rotatable bonds is 7.